The lowest BCUT2D eigenvalue weighted by molar-refractivity contribution is 0.517. The Kier molecular flexibility index (Phi) is 5.05. The van der Waals surface area contributed by atoms with Gasteiger partial charge in [-0.3, -0.25) is 16.0 Å². The number of aryl methyl sites for hydroxylation is 2. The van der Waals surface area contributed by atoms with E-state index in [2.05, 4.69) is 23.5 Å². The molecule has 1 heterocycles. The number of halogens is 2. The first-order valence-corrected chi connectivity index (χ1v) is 7.25. The summed E-state index contributed by atoms with van der Waals surface area (Å²) in [7, 11) is 0. The predicted molar refractivity (Wildman–Crippen MR) is 82.9 cm³/mol. The van der Waals surface area contributed by atoms with Crippen LogP contribution in [0.4, 0.5) is 0 Å². The van der Waals surface area contributed by atoms with E-state index in [4.69, 9.17) is 29.0 Å². The van der Waals surface area contributed by atoms with Gasteiger partial charge in [0, 0.05) is 28.7 Å². The fourth-order valence-electron chi connectivity index (χ4n) is 2.29. The zero-order valence-electron chi connectivity index (χ0n) is 11.5. The van der Waals surface area contributed by atoms with E-state index in [0.29, 0.717) is 16.5 Å². The zero-order valence-corrected chi connectivity index (χ0v) is 13.0. The molecular formula is C14H18Cl2N4. The van der Waals surface area contributed by atoms with Crippen LogP contribution in [0.25, 0.3) is 0 Å². The molecule has 1 aromatic heterocycles. The van der Waals surface area contributed by atoms with Gasteiger partial charge < -0.3 is 0 Å². The van der Waals surface area contributed by atoms with Crippen LogP contribution >= 0.6 is 23.2 Å². The number of benzene rings is 1. The molecule has 0 amide bonds. The maximum atomic E-state index is 6.24. The number of hydrogen-bond acceptors (Lipinski definition) is 3. The fourth-order valence-corrected chi connectivity index (χ4v) is 2.72. The van der Waals surface area contributed by atoms with Crippen molar-refractivity contribution in [2.45, 2.75) is 32.9 Å². The normalized spacial score (nSPS) is 12.7. The minimum Gasteiger partial charge on any atom is -0.271 e. The van der Waals surface area contributed by atoms with E-state index in [-0.39, 0.29) is 6.04 Å². The Morgan fingerprint density at radius 3 is 2.75 bits per heavy atom. The second-order valence-electron chi connectivity index (χ2n) is 4.68. The smallest absolute Gasteiger partial charge is 0.0596 e. The summed E-state index contributed by atoms with van der Waals surface area (Å²) in [4.78, 5) is 0. The Labute approximate surface area is 128 Å². The molecule has 0 spiro atoms. The Morgan fingerprint density at radius 1 is 1.35 bits per heavy atom. The van der Waals surface area contributed by atoms with Gasteiger partial charge in [0.1, 0.15) is 0 Å². The average molecular weight is 313 g/mol. The maximum absolute atomic E-state index is 6.24. The number of aromatic nitrogens is 2. The summed E-state index contributed by atoms with van der Waals surface area (Å²) >= 11 is 12.3. The molecule has 1 aromatic carbocycles. The second-order valence-corrected chi connectivity index (χ2v) is 5.53. The number of nitrogens with one attached hydrogen (secondary N) is 1. The minimum atomic E-state index is -0.109. The van der Waals surface area contributed by atoms with Crippen LogP contribution in [0.15, 0.2) is 24.3 Å². The molecule has 0 aliphatic carbocycles. The third kappa shape index (κ3) is 3.33. The van der Waals surface area contributed by atoms with E-state index in [1.165, 1.54) is 0 Å². The highest BCUT2D eigenvalue weighted by molar-refractivity contribution is 6.33. The highest BCUT2D eigenvalue weighted by atomic mass is 35.5. The first kappa shape index (κ1) is 15.3. The van der Waals surface area contributed by atoms with Crippen LogP contribution in [0.2, 0.25) is 10.0 Å². The summed E-state index contributed by atoms with van der Waals surface area (Å²) in [6, 6.07) is 7.34. The van der Waals surface area contributed by atoms with Gasteiger partial charge in [0.2, 0.25) is 0 Å². The van der Waals surface area contributed by atoms with Crippen LogP contribution in [-0.2, 0) is 13.0 Å². The molecule has 0 bridgehead atoms. The van der Waals surface area contributed by atoms with Gasteiger partial charge in [-0.25, -0.2) is 0 Å². The van der Waals surface area contributed by atoms with Crippen LogP contribution < -0.4 is 11.3 Å². The number of hydrogen-bond donors (Lipinski definition) is 2. The number of nitrogens with zero attached hydrogens (tertiary/aromatic N) is 2. The highest BCUT2D eigenvalue weighted by Gasteiger charge is 2.17. The number of nitrogens with two attached hydrogens (primary N) is 1. The van der Waals surface area contributed by atoms with Crippen LogP contribution in [0.5, 0.6) is 0 Å². The third-order valence-electron chi connectivity index (χ3n) is 3.23. The van der Waals surface area contributed by atoms with Gasteiger partial charge in [-0.05, 0) is 43.7 Å². The van der Waals surface area contributed by atoms with Crippen molar-refractivity contribution in [3.8, 4) is 0 Å². The SMILES string of the molecule is CCn1nc(C)cc1CC(NN)c1cc(Cl)ccc1Cl. The Balaban J connectivity index is 2.30. The van der Waals surface area contributed by atoms with E-state index in [9.17, 15) is 0 Å². The van der Waals surface area contributed by atoms with Gasteiger partial charge in [-0.2, -0.15) is 5.10 Å². The molecule has 0 saturated carbocycles. The zero-order chi connectivity index (χ0) is 14.7. The molecule has 0 radical (unpaired) electrons. The molecule has 108 valence electrons. The van der Waals surface area contributed by atoms with Crippen LogP contribution in [0.3, 0.4) is 0 Å². The topological polar surface area (TPSA) is 55.9 Å². The molecule has 6 heteroatoms. The third-order valence-corrected chi connectivity index (χ3v) is 3.81. The van der Waals surface area contributed by atoms with E-state index in [0.717, 1.165) is 23.5 Å². The van der Waals surface area contributed by atoms with Gasteiger partial charge in [0.05, 0.1) is 11.7 Å². The van der Waals surface area contributed by atoms with Gasteiger partial charge >= 0.3 is 0 Å². The Morgan fingerprint density at radius 2 is 2.10 bits per heavy atom. The summed E-state index contributed by atoms with van der Waals surface area (Å²) < 4.78 is 1.97. The molecule has 20 heavy (non-hydrogen) atoms. The van der Waals surface area contributed by atoms with E-state index in [1.54, 1.807) is 12.1 Å². The molecule has 2 rings (SSSR count). The standard InChI is InChI=1S/C14H18Cl2N4/c1-3-20-11(6-9(2)19-20)8-14(18-17)12-7-10(15)4-5-13(12)16/h4-7,14,18H,3,8,17H2,1-2H3. The van der Waals surface area contributed by atoms with Gasteiger partial charge in [-0.1, -0.05) is 23.2 Å². The van der Waals surface area contributed by atoms with Crippen molar-refractivity contribution < 1.29 is 0 Å². The largest absolute Gasteiger partial charge is 0.271 e. The molecule has 1 unspecified atom stereocenters. The summed E-state index contributed by atoms with van der Waals surface area (Å²) in [6.45, 7) is 4.86. The monoisotopic (exact) mass is 312 g/mol. The maximum Gasteiger partial charge on any atom is 0.0596 e. The quantitative estimate of drug-likeness (QED) is 0.658. The van der Waals surface area contributed by atoms with Gasteiger partial charge in [-0.15, -0.1) is 0 Å². The second kappa shape index (κ2) is 6.59. The minimum absolute atomic E-state index is 0.109. The lowest BCUT2D eigenvalue weighted by Gasteiger charge is -2.18. The van der Waals surface area contributed by atoms with Crippen molar-refractivity contribution >= 4 is 23.2 Å². The number of hydrazine groups is 1. The molecule has 2 aromatic rings. The first-order chi connectivity index (χ1) is 9.55. The van der Waals surface area contributed by atoms with Crippen LogP contribution in [0.1, 0.15) is 29.9 Å². The van der Waals surface area contributed by atoms with E-state index < -0.39 is 0 Å². The number of rotatable bonds is 5. The molecule has 1 atom stereocenters. The van der Waals surface area contributed by atoms with Crippen LogP contribution in [-0.4, -0.2) is 9.78 Å². The summed E-state index contributed by atoms with van der Waals surface area (Å²) in [5.74, 6) is 5.69. The Bertz CT molecular complexity index is 595. The summed E-state index contributed by atoms with van der Waals surface area (Å²) in [5, 5.41) is 5.73. The van der Waals surface area contributed by atoms with Crippen molar-refractivity contribution in [1.82, 2.24) is 15.2 Å². The van der Waals surface area contributed by atoms with Crippen molar-refractivity contribution in [2.24, 2.45) is 5.84 Å². The molecule has 4 nitrogen and oxygen atoms in total. The van der Waals surface area contributed by atoms with Crippen molar-refractivity contribution in [3.63, 3.8) is 0 Å². The summed E-state index contributed by atoms with van der Waals surface area (Å²) in [6.07, 6.45) is 0.700. The van der Waals surface area contributed by atoms with Crippen molar-refractivity contribution in [3.05, 3.63) is 51.3 Å². The molecule has 3 N–H and O–H groups in total. The predicted octanol–water partition coefficient (Wildman–Crippen LogP) is 3.27. The highest BCUT2D eigenvalue weighted by Crippen LogP contribution is 2.28. The van der Waals surface area contributed by atoms with Gasteiger partial charge in [0.25, 0.3) is 0 Å². The fraction of sp³-hybridized carbons (Fsp3) is 0.357. The van der Waals surface area contributed by atoms with E-state index >= 15 is 0 Å². The molecule has 0 aliphatic heterocycles. The van der Waals surface area contributed by atoms with Crippen molar-refractivity contribution in [1.29, 1.82) is 0 Å². The lowest BCUT2D eigenvalue weighted by Crippen LogP contribution is -2.30. The summed E-state index contributed by atoms with van der Waals surface area (Å²) in [5.41, 5.74) is 5.81. The molecule has 0 saturated heterocycles. The van der Waals surface area contributed by atoms with Crippen molar-refractivity contribution in [2.75, 3.05) is 0 Å². The molecular weight excluding hydrogens is 295 g/mol. The first-order valence-electron chi connectivity index (χ1n) is 6.49. The lowest BCUT2D eigenvalue weighted by atomic mass is 10.0. The van der Waals surface area contributed by atoms with E-state index in [1.807, 2.05) is 17.7 Å². The van der Waals surface area contributed by atoms with Gasteiger partial charge in [0.15, 0.2) is 0 Å². The average Bonchev–Trinajstić information content (AvgIpc) is 2.79. The molecule has 0 aliphatic rings. The molecule has 0 fully saturated rings. The van der Waals surface area contributed by atoms with Crippen LogP contribution in [0, 0.1) is 6.92 Å². The Hall–Kier alpha value is -1.07.